The quantitative estimate of drug-likeness (QED) is 0.621. The van der Waals surface area contributed by atoms with Gasteiger partial charge in [0.25, 0.3) is 0 Å². The largest absolute Gasteiger partial charge is 0.288 e. The lowest BCUT2D eigenvalue weighted by Crippen LogP contribution is -1.95. The van der Waals surface area contributed by atoms with Gasteiger partial charge in [0.2, 0.25) is 5.95 Å². The normalized spacial score (nSPS) is 10.1. The van der Waals surface area contributed by atoms with Gasteiger partial charge in [0.15, 0.2) is 0 Å². The van der Waals surface area contributed by atoms with Crippen molar-refractivity contribution in [3.8, 4) is 0 Å². The lowest BCUT2D eigenvalue weighted by Gasteiger charge is -1.98. The van der Waals surface area contributed by atoms with Crippen LogP contribution in [0.1, 0.15) is 0 Å². The third-order valence-electron chi connectivity index (χ3n) is 1.59. The maximum Gasteiger partial charge on any atom is 0.247 e. The Morgan fingerprint density at radius 1 is 1.25 bits per heavy atom. The van der Waals surface area contributed by atoms with E-state index in [2.05, 4.69) is 9.97 Å². The summed E-state index contributed by atoms with van der Waals surface area (Å²) in [6.07, 6.45) is 1.65. The van der Waals surface area contributed by atoms with Crippen molar-refractivity contribution in [2.75, 3.05) is 5.48 Å². The Labute approximate surface area is 68.9 Å². The molecule has 2 aromatic rings. The molecule has 4 heteroatoms. The number of benzene rings is 1. The summed E-state index contributed by atoms with van der Waals surface area (Å²) in [5, 5.41) is 9.48. The lowest BCUT2D eigenvalue weighted by atomic mass is 10.2. The smallest absolute Gasteiger partial charge is 0.247 e. The third kappa shape index (κ3) is 1.08. The number of fused-ring (bicyclic) bond motifs is 1. The van der Waals surface area contributed by atoms with Gasteiger partial charge in [-0.3, -0.25) is 5.21 Å². The second-order valence-corrected chi connectivity index (χ2v) is 2.36. The lowest BCUT2D eigenvalue weighted by molar-refractivity contribution is 0.383. The molecule has 0 saturated heterocycles. The number of rotatable bonds is 1. The first-order chi connectivity index (χ1) is 5.90. The van der Waals surface area contributed by atoms with Crippen molar-refractivity contribution in [2.24, 2.45) is 0 Å². The highest BCUT2D eigenvalue weighted by Gasteiger charge is 1.95. The molecule has 0 aliphatic carbocycles. The molecule has 1 aromatic carbocycles. The third-order valence-corrected chi connectivity index (χ3v) is 1.59. The van der Waals surface area contributed by atoms with Crippen molar-refractivity contribution < 1.29 is 5.21 Å². The molecule has 0 fully saturated rings. The first kappa shape index (κ1) is 7.00. The maximum absolute atomic E-state index is 8.52. The Hall–Kier alpha value is -1.68. The molecule has 0 atom stereocenters. The SMILES string of the molecule is ONc1ncc2ccccc2n1. The Balaban J connectivity index is 2.67. The van der Waals surface area contributed by atoms with E-state index in [0.29, 0.717) is 0 Å². The van der Waals surface area contributed by atoms with Gasteiger partial charge in [-0.2, -0.15) is 0 Å². The molecule has 60 valence electrons. The highest BCUT2D eigenvalue weighted by Crippen LogP contribution is 2.10. The summed E-state index contributed by atoms with van der Waals surface area (Å²) in [5.41, 5.74) is 2.71. The summed E-state index contributed by atoms with van der Waals surface area (Å²) < 4.78 is 0. The molecule has 2 rings (SSSR count). The molecule has 0 bridgehead atoms. The fourth-order valence-corrected chi connectivity index (χ4v) is 1.03. The van der Waals surface area contributed by atoms with Gasteiger partial charge in [-0.25, -0.2) is 15.4 Å². The molecule has 0 aliphatic rings. The van der Waals surface area contributed by atoms with E-state index in [1.807, 2.05) is 29.7 Å². The zero-order valence-electron chi connectivity index (χ0n) is 6.23. The number of aromatic nitrogens is 2. The fraction of sp³-hybridized carbons (Fsp3) is 0. The Bertz CT molecular complexity index is 402. The molecular weight excluding hydrogens is 154 g/mol. The minimum absolute atomic E-state index is 0.216. The van der Waals surface area contributed by atoms with Crippen LogP contribution in [0, 0.1) is 0 Å². The summed E-state index contributed by atoms with van der Waals surface area (Å²) in [5.74, 6) is 0.216. The van der Waals surface area contributed by atoms with E-state index >= 15 is 0 Å². The molecule has 2 N–H and O–H groups in total. The summed E-state index contributed by atoms with van der Waals surface area (Å²) >= 11 is 0. The van der Waals surface area contributed by atoms with Gasteiger partial charge < -0.3 is 0 Å². The minimum Gasteiger partial charge on any atom is -0.288 e. The Morgan fingerprint density at radius 3 is 2.92 bits per heavy atom. The van der Waals surface area contributed by atoms with Gasteiger partial charge in [0, 0.05) is 11.6 Å². The van der Waals surface area contributed by atoms with E-state index in [9.17, 15) is 0 Å². The van der Waals surface area contributed by atoms with Crippen LogP contribution in [0.3, 0.4) is 0 Å². The summed E-state index contributed by atoms with van der Waals surface area (Å²) in [4.78, 5) is 7.87. The summed E-state index contributed by atoms with van der Waals surface area (Å²) in [6.45, 7) is 0. The van der Waals surface area contributed by atoms with Gasteiger partial charge in [-0.05, 0) is 6.07 Å². The van der Waals surface area contributed by atoms with Crippen molar-refractivity contribution in [1.82, 2.24) is 9.97 Å². The van der Waals surface area contributed by atoms with Crippen LogP contribution in [0.4, 0.5) is 5.95 Å². The number of hydrogen-bond donors (Lipinski definition) is 2. The van der Waals surface area contributed by atoms with E-state index in [4.69, 9.17) is 5.21 Å². The van der Waals surface area contributed by atoms with Crippen LogP contribution in [0.15, 0.2) is 30.5 Å². The predicted molar refractivity (Wildman–Crippen MR) is 44.9 cm³/mol. The molecule has 1 aromatic heterocycles. The van der Waals surface area contributed by atoms with Crippen molar-refractivity contribution in [2.45, 2.75) is 0 Å². The topological polar surface area (TPSA) is 58.0 Å². The Morgan fingerprint density at radius 2 is 2.08 bits per heavy atom. The predicted octanol–water partition coefficient (Wildman–Crippen LogP) is 1.43. The van der Waals surface area contributed by atoms with Gasteiger partial charge in [0.1, 0.15) is 0 Å². The van der Waals surface area contributed by atoms with Crippen LogP contribution in [-0.2, 0) is 0 Å². The molecule has 0 radical (unpaired) electrons. The highest BCUT2D eigenvalue weighted by atomic mass is 16.5. The molecule has 0 saturated carbocycles. The number of nitrogens with one attached hydrogen (secondary N) is 1. The fourth-order valence-electron chi connectivity index (χ4n) is 1.03. The number of hydrogen-bond acceptors (Lipinski definition) is 4. The van der Waals surface area contributed by atoms with Crippen LogP contribution < -0.4 is 5.48 Å². The van der Waals surface area contributed by atoms with E-state index in [1.54, 1.807) is 6.20 Å². The number of anilines is 1. The van der Waals surface area contributed by atoms with Crippen LogP contribution in [0.2, 0.25) is 0 Å². The van der Waals surface area contributed by atoms with Crippen LogP contribution in [0.5, 0.6) is 0 Å². The van der Waals surface area contributed by atoms with Crippen molar-refractivity contribution in [3.63, 3.8) is 0 Å². The first-order valence-corrected chi connectivity index (χ1v) is 3.52. The van der Waals surface area contributed by atoms with Gasteiger partial charge in [0.05, 0.1) is 5.52 Å². The molecule has 1 heterocycles. The van der Waals surface area contributed by atoms with Gasteiger partial charge in [-0.15, -0.1) is 0 Å². The number of para-hydroxylation sites is 1. The van der Waals surface area contributed by atoms with Crippen LogP contribution in [-0.4, -0.2) is 15.2 Å². The summed E-state index contributed by atoms with van der Waals surface area (Å²) in [7, 11) is 0. The average Bonchev–Trinajstić information content (AvgIpc) is 2.17. The molecule has 4 nitrogen and oxygen atoms in total. The molecule has 0 spiro atoms. The zero-order valence-corrected chi connectivity index (χ0v) is 6.23. The van der Waals surface area contributed by atoms with Gasteiger partial charge >= 0.3 is 0 Å². The maximum atomic E-state index is 8.52. The Kier molecular flexibility index (Phi) is 1.60. The molecule has 0 aliphatic heterocycles. The van der Waals surface area contributed by atoms with Crippen molar-refractivity contribution in [3.05, 3.63) is 30.5 Å². The van der Waals surface area contributed by atoms with E-state index in [0.717, 1.165) is 10.9 Å². The second kappa shape index (κ2) is 2.75. The van der Waals surface area contributed by atoms with Gasteiger partial charge in [-0.1, -0.05) is 18.2 Å². The first-order valence-electron chi connectivity index (χ1n) is 3.52. The molecular formula is C8H7N3O. The van der Waals surface area contributed by atoms with Crippen molar-refractivity contribution in [1.29, 1.82) is 0 Å². The molecule has 12 heavy (non-hydrogen) atoms. The average molecular weight is 161 g/mol. The summed E-state index contributed by atoms with van der Waals surface area (Å²) in [6, 6.07) is 7.57. The minimum atomic E-state index is 0.216. The van der Waals surface area contributed by atoms with Crippen molar-refractivity contribution >= 4 is 16.9 Å². The highest BCUT2D eigenvalue weighted by molar-refractivity contribution is 5.78. The van der Waals surface area contributed by atoms with E-state index in [-0.39, 0.29) is 5.95 Å². The second-order valence-electron chi connectivity index (χ2n) is 2.36. The van der Waals surface area contributed by atoms with Crippen LogP contribution in [0.25, 0.3) is 10.9 Å². The standard InChI is InChI=1S/C8H7N3O/c12-11-8-9-5-6-3-1-2-4-7(6)10-8/h1-5,12H,(H,9,10,11). The number of nitrogens with zero attached hydrogens (tertiary/aromatic N) is 2. The van der Waals surface area contributed by atoms with E-state index < -0.39 is 0 Å². The molecule has 0 amide bonds. The zero-order chi connectivity index (χ0) is 8.39. The van der Waals surface area contributed by atoms with Crippen LogP contribution >= 0.6 is 0 Å². The monoisotopic (exact) mass is 161 g/mol. The van der Waals surface area contributed by atoms with E-state index in [1.165, 1.54) is 0 Å². The molecule has 0 unspecified atom stereocenters.